The summed E-state index contributed by atoms with van der Waals surface area (Å²) in [5, 5.41) is 0.341. The third-order valence-electron chi connectivity index (χ3n) is 5.57. The Morgan fingerprint density at radius 1 is 0.800 bits per heavy atom. The van der Waals surface area contributed by atoms with Gasteiger partial charge in [0.1, 0.15) is 0 Å². The first kappa shape index (κ1) is 23.7. The molecule has 2 amide bonds. The molecule has 1 fully saturated rings. The van der Waals surface area contributed by atoms with Crippen LogP contribution in [0.5, 0.6) is 11.5 Å². The van der Waals surface area contributed by atoms with Crippen molar-refractivity contribution in [3.8, 4) is 11.5 Å². The maximum absolute atomic E-state index is 13.1. The van der Waals surface area contributed by atoms with Gasteiger partial charge in [0.25, 0.3) is 17.6 Å². The Bertz CT molecular complexity index is 1320. The summed E-state index contributed by atoms with van der Waals surface area (Å²) in [6.07, 6.45) is 1.38. The zero-order valence-electron chi connectivity index (χ0n) is 19.2. The number of carbonyl (C=O) groups is 5. The number of benzene rings is 2. The van der Waals surface area contributed by atoms with Crippen molar-refractivity contribution in [2.45, 2.75) is 13.8 Å². The van der Waals surface area contributed by atoms with E-state index in [1.165, 1.54) is 37.1 Å². The Kier molecular flexibility index (Phi) is 6.63. The highest BCUT2D eigenvalue weighted by atomic mass is 16.6. The Morgan fingerprint density at radius 2 is 1.37 bits per heavy atom. The van der Waals surface area contributed by atoms with E-state index < -0.39 is 23.6 Å². The number of fused-ring (bicyclic) bond motifs is 1. The molecule has 1 saturated heterocycles. The van der Waals surface area contributed by atoms with Crippen LogP contribution in [0.15, 0.2) is 48.7 Å². The normalized spacial score (nSPS) is 13.4. The van der Waals surface area contributed by atoms with Crippen LogP contribution in [0, 0.1) is 0 Å². The highest BCUT2D eigenvalue weighted by Gasteiger charge is 2.30. The number of esters is 2. The van der Waals surface area contributed by atoms with Gasteiger partial charge in [0.2, 0.25) is 0 Å². The van der Waals surface area contributed by atoms with Crippen molar-refractivity contribution in [3.63, 3.8) is 0 Å². The maximum atomic E-state index is 13.1. The van der Waals surface area contributed by atoms with Gasteiger partial charge in [-0.15, -0.1) is 0 Å². The molecule has 3 aromatic rings. The highest BCUT2D eigenvalue weighted by Crippen LogP contribution is 2.34. The number of aromatic nitrogens is 1. The van der Waals surface area contributed by atoms with Crippen LogP contribution in [0.1, 0.15) is 34.6 Å². The second-order valence-electron chi connectivity index (χ2n) is 8.01. The number of carbonyl (C=O) groups excluding carboxylic acids is 5. The minimum atomic E-state index is -0.743. The van der Waals surface area contributed by atoms with Crippen LogP contribution >= 0.6 is 0 Å². The fourth-order valence-corrected chi connectivity index (χ4v) is 3.92. The summed E-state index contributed by atoms with van der Waals surface area (Å²) in [5.74, 6) is -2.85. The molecule has 10 nitrogen and oxygen atoms in total. The van der Waals surface area contributed by atoms with Crippen LogP contribution in [-0.2, 0) is 14.4 Å². The molecule has 4 rings (SSSR count). The smallest absolute Gasteiger partial charge is 0.308 e. The fourth-order valence-electron chi connectivity index (χ4n) is 3.92. The van der Waals surface area contributed by atoms with E-state index in [2.05, 4.69) is 4.98 Å². The minimum Gasteiger partial charge on any atom is -0.423 e. The molecule has 1 aromatic heterocycles. The number of aromatic amines is 1. The van der Waals surface area contributed by atoms with Crippen LogP contribution in [-0.4, -0.2) is 70.5 Å². The number of amides is 2. The Morgan fingerprint density at radius 3 is 1.97 bits per heavy atom. The standard InChI is InChI=1S/C25H23N3O7/c1-15(29)34-21-12-18-19(14-26-20(18)13-22(21)35-16(2)30)23(31)25(33)28-10-8-27(9-11-28)24(32)17-6-4-3-5-7-17/h3-7,12-14,26H,8-11H2,1-2H3. The van der Waals surface area contributed by atoms with E-state index in [9.17, 15) is 24.0 Å². The van der Waals surface area contributed by atoms with Crippen molar-refractivity contribution in [3.05, 3.63) is 59.8 Å². The largest absolute Gasteiger partial charge is 0.423 e. The van der Waals surface area contributed by atoms with E-state index in [1.54, 1.807) is 29.2 Å². The van der Waals surface area contributed by atoms with Crippen molar-refractivity contribution in [1.82, 2.24) is 14.8 Å². The number of hydrogen-bond donors (Lipinski definition) is 1. The Labute approximate surface area is 200 Å². The molecule has 2 aromatic carbocycles. The van der Waals surface area contributed by atoms with Gasteiger partial charge < -0.3 is 24.3 Å². The summed E-state index contributed by atoms with van der Waals surface area (Å²) < 4.78 is 10.2. The molecule has 2 heterocycles. The molecule has 0 radical (unpaired) electrons. The number of nitrogens with zero attached hydrogens (tertiary/aromatic N) is 2. The highest BCUT2D eigenvalue weighted by molar-refractivity contribution is 6.45. The summed E-state index contributed by atoms with van der Waals surface area (Å²) in [5.41, 5.74) is 1.08. The molecule has 180 valence electrons. The third-order valence-corrected chi connectivity index (χ3v) is 5.57. The molecule has 0 aliphatic carbocycles. The third kappa shape index (κ3) is 5.06. The van der Waals surface area contributed by atoms with E-state index in [0.717, 1.165) is 0 Å². The van der Waals surface area contributed by atoms with Gasteiger partial charge in [-0.1, -0.05) is 18.2 Å². The van der Waals surface area contributed by atoms with E-state index in [-0.39, 0.29) is 36.1 Å². The molecular formula is C25H23N3O7. The van der Waals surface area contributed by atoms with Gasteiger partial charge in [-0.3, -0.25) is 24.0 Å². The molecule has 35 heavy (non-hydrogen) atoms. The molecule has 1 N–H and O–H groups in total. The zero-order chi connectivity index (χ0) is 25.1. The number of H-pyrrole nitrogens is 1. The fraction of sp³-hybridized carbons (Fsp3) is 0.240. The summed E-state index contributed by atoms with van der Waals surface area (Å²) in [7, 11) is 0. The van der Waals surface area contributed by atoms with E-state index in [4.69, 9.17) is 9.47 Å². The molecule has 10 heteroatoms. The molecule has 0 saturated carbocycles. The van der Waals surface area contributed by atoms with Gasteiger partial charge in [0.05, 0.1) is 11.1 Å². The molecule has 1 aliphatic rings. The second-order valence-corrected chi connectivity index (χ2v) is 8.01. The lowest BCUT2D eigenvalue weighted by atomic mass is 10.1. The molecule has 0 unspecified atom stereocenters. The monoisotopic (exact) mass is 477 g/mol. The van der Waals surface area contributed by atoms with Gasteiger partial charge in [0.15, 0.2) is 11.5 Å². The van der Waals surface area contributed by atoms with Crippen LogP contribution in [0.3, 0.4) is 0 Å². The molecule has 0 spiro atoms. The summed E-state index contributed by atoms with van der Waals surface area (Å²) >= 11 is 0. The van der Waals surface area contributed by atoms with Crippen molar-refractivity contribution in [2.24, 2.45) is 0 Å². The quantitative estimate of drug-likeness (QED) is 0.258. The average Bonchev–Trinajstić information content (AvgIpc) is 3.25. The van der Waals surface area contributed by atoms with Crippen molar-refractivity contribution < 1.29 is 33.4 Å². The lowest BCUT2D eigenvalue weighted by Gasteiger charge is -2.34. The molecule has 0 bridgehead atoms. The van der Waals surface area contributed by atoms with E-state index in [1.807, 2.05) is 6.07 Å². The second kappa shape index (κ2) is 9.80. The predicted octanol–water partition coefficient (Wildman–Crippen LogP) is 2.19. The lowest BCUT2D eigenvalue weighted by molar-refractivity contribution is -0.134. The van der Waals surface area contributed by atoms with E-state index >= 15 is 0 Å². The number of Topliss-reactive ketones (excluding diaryl/α,β-unsaturated/α-hetero) is 1. The molecular weight excluding hydrogens is 454 g/mol. The van der Waals surface area contributed by atoms with Gasteiger partial charge >= 0.3 is 11.9 Å². The zero-order valence-corrected chi connectivity index (χ0v) is 19.2. The SMILES string of the molecule is CC(=O)Oc1cc2[nH]cc(C(=O)C(=O)N3CCN(C(=O)c4ccccc4)CC3)c2cc1OC(C)=O. The van der Waals surface area contributed by atoms with Crippen LogP contribution < -0.4 is 9.47 Å². The first-order chi connectivity index (χ1) is 16.7. The Balaban J connectivity index is 1.51. The van der Waals surface area contributed by atoms with Gasteiger partial charge in [-0.2, -0.15) is 0 Å². The average molecular weight is 477 g/mol. The number of hydrogen-bond acceptors (Lipinski definition) is 7. The summed E-state index contributed by atoms with van der Waals surface area (Å²) in [4.78, 5) is 67.5. The number of nitrogens with one attached hydrogen (secondary N) is 1. The number of ether oxygens (including phenoxy) is 2. The topological polar surface area (TPSA) is 126 Å². The van der Waals surface area contributed by atoms with Crippen molar-refractivity contribution in [2.75, 3.05) is 26.2 Å². The molecule has 0 atom stereocenters. The van der Waals surface area contributed by atoms with Crippen molar-refractivity contribution >= 4 is 40.4 Å². The van der Waals surface area contributed by atoms with Gasteiger partial charge in [-0.25, -0.2) is 0 Å². The first-order valence-electron chi connectivity index (χ1n) is 10.9. The minimum absolute atomic E-state index is 0.00609. The number of rotatable bonds is 5. The van der Waals surface area contributed by atoms with Crippen LogP contribution in [0.25, 0.3) is 10.9 Å². The first-order valence-corrected chi connectivity index (χ1v) is 10.9. The molecule has 1 aliphatic heterocycles. The summed E-state index contributed by atoms with van der Waals surface area (Å²) in [6, 6.07) is 11.7. The van der Waals surface area contributed by atoms with Gasteiger partial charge in [-0.05, 0) is 18.2 Å². The van der Waals surface area contributed by atoms with Crippen LogP contribution in [0.2, 0.25) is 0 Å². The number of ketones is 1. The maximum Gasteiger partial charge on any atom is 0.308 e. The van der Waals surface area contributed by atoms with Gasteiger partial charge in [0, 0.05) is 63.2 Å². The number of piperazine rings is 1. The summed E-state index contributed by atoms with van der Waals surface area (Å²) in [6.45, 7) is 3.46. The lowest BCUT2D eigenvalue weighted by Crippen LogP contribution is -2.52. The van der Waals surface area contributed by atoms with Crippen molar-refractivity contribution in [1.29, 1.82) is 0 Å². The van der Waals surface area contributed by atoms with Crippen LogP contribution in [0.4, 0.5) is 0 Å². The van der Waals surface area contributed by atoms with E-state index in [0.29, 0.717) is 29.6 Å². The predicted molar refractivity (Wildman–Crippen MR) is 124 cm³/mol. The Hall–Kier alpha value is -4.47.